The number of likely N-dealkylation sites (N-methyl/N-ethyl adjacent to an activating group) is 1. The van der Waals surface area contributed by atoms with E-state index < -0.39 is 0 Å². The molecule has 0 aromatic heterocycles. The normalized spacial score (nSPS) is 13.2. The first-order valence-corrected chi connectivity index (χ1v) is 5.15. The van der Waals surface area contributed by atoms with Crippen LogP contribution in [0.2, 0.25) is 0 Å². The highest BCUT2D eigenvalue weighted by molar-refractivity contribution is 4.48. The Morgan fingerprint density at radius 1 is 1.31 bits per heavy atom. The lowest BCUT2D eigenvalue weighted by molar-refractivity contribution is -0.00551. The van der Waals surface area contributed by atoms with Gasteiger partial charge in [0.2, 0.25) is 0 Å². The van der Waals surface area contributed by atoms with Crippen molar-refractivity contribution in [1.29, 1.82) is 0 Å². The average Bonchev–Trinajstić information content (AvgIpc) is 2.13. The third-order valence-electron chi connectivity index (χ3n) is 1.75. The van der Waals surface area contributed by atoms with Crippen LogP contribution in [0, 0.1) is 0 Å². The molecule has 0 aliphatic carbocycles. The van der Waals surface area contributed by atoms with Crippen LogP contribution in [0.25, 0.3) is 0 Å². The van der Waals surface area contributed by atoms with Crippen molar-refractivity contribution < 1.29 is 9.47 Å². The summed E-state index contributed by atoms with van der Waals surface area (Å²) < 4.78 is 10.9. The molecule has 0 fully saturated rings. The summed E-state index contributed by atoms with van der Waals surface area (Å²) in [5.41, 5.74) is 0. The lowest BCUT2D eigenvalue weighted by Gasteiger charge is -2.12. The van der Waals surface area contributed by atoms with Gasteiger partial charge >= 0.3 is 0 Å². The zero-order valence-corrected chi connectivity index (χ0v) is 9.14. The Morgan fingerprint density at radius 2 is 2.08 bits per heavy atom. The molecule has 3 nitrogen and oxygen atoms in total. The Kier molecular flexibility index (Phi) is 9.87. The van der Waals surface area contributed by atoms with Gasteiger partial charge in [0, 0.05) is 13.2 Å². The summed E-state index contributed by atoms with van der Waals surface area (Å²) in [6.07, 6.45) is 2.54. The van der Waals surface area contributed by atoms with Crippen LogP contribution in [-0.2, 0) is 9.47 Å². The molecule has 0 radical (unpaired) electrons. The third-order valence-corrected chi connectivity index (χ3v) is 1.75. The first-order valence-electron chi connectivity index (χ1n) is 5.15. The number of rotatable bonds is 9. The number of nitrogens with one attached hydrogen (secondary N) is 1. The number of ether oxygens (including phenoxy) is 2. The summed E-state index contributed by atoms with van der Waals surface area (Å²) in [5, 5.41) is 3.03. The van der Waals surface area contributed by atoms with Crippen LogP contribution in [-0.4, -0.2) is 39.5 Å². The predicted molar refractivity (Wildman–Crippen MR) is 55.1 cm³/mol. The molecule has 0 bridgehead atoms. The van der Waals surface area contributed by atoms with E-state index in [4.69, 9.17) is 9.47 Å². The second kappa shape index (κ2) is 9.96. The van der Waals surface area contributed by atoms with Crippen molar-refractivity contribution in [1.82, 2.24) is 5.32 Å². The van der Waals surface area contributed by atoms with E-state index in [1.165, 1.54) is 6.42 Å². The average molecular weight is 189 g/mol. The highest BCUT2D eigenvalue weighted by Gasteiger charge is 2.00. The molecule has 0 aliphatic rings. The molecule has 0 aromatic rings. The molecule has 0 amide bonds. The summed E-state index contributed by atoms with van der Waals surface area (Å²) in [6.45, 7) is 7.44. The molecule has 1 unspecified atom stereocenters. The topological polar surface area (TPSA) is 30.5 Å². The van der Waals surface area contributed by atoms with E-state index in [0.29, 0.717) is 6.61 Å². The van der Waals surface area contributed by atoms with Crippen molar-refractivity contribution in [2.75, 3.05) is 33.4 Å². The Balaban J connectivity index is 3.05. The van der Waals surface area contributed by atoms with Crippen LogP contribution in [0.15, 0.2) is 0 Å². The summed E-state index contributed by atoms with van der Waals surface area (Å²) >= 11 is 0. The SMILES string of the molecule is CCCCOCC(C)OCCNC. The van der Waals surface area contributed by atoms with E-state index >= 15 is 0 Å². The molecular weight excluding hydrogens is 166 g/mol. The van der Waals surface area contributed by atoms with Crippen molar-refractivity contribution >= 4 is 0 Å². The van der Waals surface area contributed by atoms with Crippen molar-refractivity contribution in [2.24, 2.45) is 0 Å². The maximum Gasteiger partial charge on any atom is 0.0781 e. The van der Waals surface area contributed by atoms with Gasteiger partial charge in [0.05, 0.1) is 19.3 Å². The van der Waals surface area contributed by atoms with Crippen molar-refractivity contribution in [3.63, 3.8) is 0 Å². The van der Waals surface area contributed by atoms with E-state index in [9.17, 15) is 0 Å². The van der Waals surface area contributed by atoms with Crippen LogP contribution in [0.3, 0.4) is 0 Å². The van der Waals surface area contributed by atoms with Gasteiger partial charge in [0.25, 0.3) is 0 Å². The van der Waals surface area contributed by atoms with Gasteiger partial charge in [-0.1, -0.05) is 13.3 Å². The van der Waals surface area contributed by atoms with E-state index in [2.05, 4.69) is 12.2 Å². The first-order chi connectivity index (χ1) is 6.31. The van der Waals surface area contributed by atoms with Crippen molar-refractivity contribution in [3.8, 4) is 0 Å². The van der Waals surface area contributed by atoms with E-state index in [-0.39, 0.29) is 6.10 Å². The smallest absolute Gasteiger partial charge is 0.0781 e. The first kappa shape index (κ1) is 12.9. The van der Waals surface area contributed by atoms with Gasteiger partial charge in [0.1, 0.15) is 0 Å². The molecule has 0 aromatic carbocycles. The second-order valence-electron chi connectivity index (χ2n) is 3.21. The molecule has 0 spiro atoms. The minimum absolute atomic E-state index is 0.213. The predicted octanol–water partition coefficient (Wildman–Crippen LogP) is 1.43. The molecule has 0 saturated heterocycles. The summed E-state index contributed by atoms with van der Waals surface area (Å²) in [4.78, 5) is 0. The molecule has 3 heteroatoms. The molecule has 1 atom stereocenters. The lowest BCUT2D eigenvalue weighted by atomic mass is 10.3. The van der Waals surface area contributed by atoms with Gasteiger partial charge in [-0.3, -0.25) is 0 Å². The largest absolute Gasteiger partial charge is 0.379 e. The third kappa shape index (κ3) is 9.80. The number of hydrogen-bond donors (Lipinski definition) is 1. The van der Waals surface area contributed by atoms with Crippen LogP contribution in [0.5, 0.6) is 0 Å². The van der Waals surface area contributed by atoms with E-state index in [0.717, 1.165) is 26.2 Å². The van der Waals surface area contributed by atoms with Crippen molar-refractivity contribution in [3.05, 3.63) is 0 Å². The van der Waals surface area contributed by atoms with Crippen molar-refractivity contribution in [2.45, 2.75) is 32.8 Å². The van der Waals surface area contributed by atoms with Crippen LogP contribution < -0.4 is 5.32 Å². The fraction of sp³-hybridized carbons (Fsp3) is 1.00. The molecular formula is C10H23NO2. The monoisotopic (exact) mass is 189 g/mol. The standard InChI is InChI=1S/C10H23NO2/c1-4-5-7-12-9-10(2)13-8-6-11-3/h10-11H,4-9H2,1-3H3. The Hall–Kier alpha value is -0.120. The minimum atomic E-state index is 0.213. The highest BCUT2D eigenvalue weighted by atomic mass is 16.5. The highest BCUT2D eigenvalue weighted by Crippen LogP contribution is 1.94. The second-order valence-corrected chi connectivity index (χ2v) is 3.21. The van der Waals surface area contributed by atoms with Gasteiger partial charge < -0.3 is 14.8 Å². The van der Waals surface area contributed by atoms with Gasteiger partial charge in [-0.25, -0.2) is 0 Å². The Bertz CT molecular complexity index is 98.9. The molecule has 0 aliphatic heterocycles. The maximum absolute atomic E-state index is 5.48. The molecule has 0 rings (SSSR count). The molecule has 80 valence electrons. The molecule has 1 N–H and O–H groups in total. The van der Waals surface area contributed by atoms with Gasteiger partial charge in [-0.15, -0.1) is 0 Å². The van der Waals surface area contributed by atoms with Gasteiger partial charge in [0.15, 0.2) is 0 Å². The summed E-state index contributed by atoms with van der Waals surface area (Å²) in [5.74, 6) is 0. The molecule has 13 heavy (non-hydrogen) atoms. The fourth-order valence-electron chi connectivity index (χ4n) is 0.906. The van der Waals surface area contributed by atoms with Crippen LogP contribution in [0.1, 0.15) is 26.7 Å². The lowest BCUT2D eigenvalue weighted by Crippen LogP contribution is -2.22. The molecule has 0 heterocycles. The zero-order valence-electron chi connectivity index (χ0n) is 9.14. The van der Waals surface area contributed by atoms with E-state index in [1.807, 2.05) is 14.0 Å². The van der Waals surface area contributed by atoms with E-state index in [1.54, 1.807) is 0 Å². The minimum Gasteiger partial charge on any atom is -0.379 e. The Morgan fingerprint density at radius 3 is 2.69 bits per heavy atom. The van der Waals surface area contributed by atoms with Gasteiger partial charge in [-0.2, -0.15) is 0 Å². The fourth-order valence-corrected chi connectivity index (χ4v) is 0.906. The zero-order chi connectivity index (χ0) is 9.94. The quantitative estimate of drug-likeness (QED) is 0.557. The summed E-state index contributed by atoms with van der Waals surface area (Å²) in [6, 6.07) is 0. The Labute approximate surface area is 81.8 Å². The maximum atomic E-state index is 5.48. The molecule has 0 saturated carbocycles. The van der Waals surface area contributed by atoms with Crippen LogP contribution in [0.4, 0.5) is 0 Å². The number of unbranched alkanes of at least 4 members (excludes halogenated alkanes) is 1. The number of hydrogen-bond acceptors (Lipinski definition) is 3. The van der Waals surface area contributed by atoms with Crippen LogP contribution >= 0.6 is 0 Å². The van der Waals surface area contributed by atoms with Gasteiger partial charge in [-0.05, 0) is 20.4 Å². The summed E-state index contributed by atoms with van der Waals surface area (Å²) in [7, 11) is 1.92.